The van der Waals surface area contributed by atoms with Crippen LogP contribution in [0.4, 0.5) is 8.78 Å². The Morgan fingerprint density at radius 2 is 1.89 bits per heavy atom. The van der Waals surface area contributed by atoms with E-state index in [1.165, 1.54) is 0 Å². The Bertz CT molecular complexity index is 467. The first-order valence-corrected chi connectivity index (χ1v) is 5.61. The van der Waals surface area contributed by atoms with Gasteiger partial charge in [-0.3, -0.25) is 4.55 Å². The van der Waals surface area contributed by atoms with Crippen LogP contribution in [-0.4, -0.2) is 43.4 Å². The fraction of sp³-hybridized carbons (Fsp3) is 0.571. The number of nitrogens with zero attached hydrogens (tertiary/aromatic N) is 1. The summed E-state index contributed by atoms with van der Waals surface area (Å²) in [5.74, 6) is -3.85. The quantitative estimate of drug-likeness (QED) is 0.391. The molecule has 0 rings (SSSR count). The first kappa shape index (κ1) is 16.2. The summed E-state index contributed by atoms with van der Waals surface area (Å²) >= 11 is 0. The topological polar surface area (TPSA) is 131 Å². The van der Waals surface area contributed by atoms with Crippen LogP contribution in [0.25, 0.3) is 0 Å². The number of carbonyl (C=O) groups excluding carboxylic acids is 2. The predicted octanol–water partition coefficient (Wildman–Crippen LogP) is -0.533. The van der Waals surface area contributed by atoms with Gasteiger partial charge in [-0.05, 0) is 0 Å². The van der Waals surface area contributed by atoms with E-state index in [4.69, 9.17) is 9.81 Å². The van der Waals surface area contributed by atoms with Crippen molar-refractivity contribution in [2.45, 2.75) is 11.7 Å². The summed E-state index contributed by atoms with van der Waals surface area (Å²) in [6.07, 6.45) is -0.152. The number of halogens is 2. The van der Waals surface area contributed by atoms with E-state index in [2.05, 4.69) is 9.47 Å². The number of carbonyl (C=O) groups is 2. The maximum absolute atomic E-state index is 12.6. The molecule has 0 aliphatic rings. The smallest absolute Gasteiger partial charge is 0.462 e. The van der Waals surface area contributed by atoms with Gasteiger partial charge in [-0.25, -0.2) is 9.59 Å². The molecule has 0 aliphatic carbocycles. The number of esters is 2. The molecule has 1 N–H and O–H groups in total. The molecule has 0 saturated carbocycles. The summed E-state index contributed by atoms with van der Waals surface area (Å²) in [5, 5.41) is 2.91. The van der Waals surface area contributed by atoms with Crippen LogP contribution in [0.3, 0.4) is 0 Å². The molecule has 8 nitrogen and oxygen atoms in total. The SMILES string of the molecule is N#CCCOC(=O)COC(=O)C(F)(F)S(=O)(=O)O. The number of rotatable bonds is 6. The molecule has 18 heavy (non-hydrogen) atoms. The molecule has 0 aromatic carbocycles. The van der Waals surface area contributed by atoms with Crippen molar-refractivity contribution in [2.24, 2.45) is 0 Å². The van der Waals surface area contributed by atoms with Crippen LogP contribution in [0.5, 0.6) is 0 Å². The van der Waals surface area contributed by atoms with Gasteiger partial charge >= 0.3 is 27.3 Å². The third kappa shape index (κ3) is 4.60. The van der Waals surface area contributed by atoms with Crippen molar-refractivity contribution in [1.82, 2.24) is 0 Å². The molecule has 0 saturated heterocycles. The molecule has 0 bridgehead atoms. The number of hydrogen-bond acceptors (Lipinski definition) is 7. The Morgan fingerprint density at radius 3 is 2.33 bits per heavy atom. The lowest BCUT2D eigenvalue weighted by Crippen LogP contribution is -2.39. The summed E-state index contributed by atoms with van der Waals surface area (Å²) < 4.78 is 61.3. The average molecular weight is 287 g/mol. The molecule has 0 aromatic rings. The maximum atomic E-state index is 12.6. The van der Waals surface area contributed by atoms with Crippen molar-refractivity contribution in [3.63, 3.8) is 0 Å². The minimum atomic E-state index is -5.97. The molecular weight excluding hydrogens is 280 g/mol. The average Bonchev–Trinajstić information content (AvgIpc) is 2.24. The zero-order valence-corrected chi connectivity index (χ0v) is 9.45. The van der Waals surface area contributed by atoms with Gasteiger partial charge in [0.1, 0.15) is 6.61 Å². The van der Waals surface area contributed by atoms with Crippen molar-refractivity contribution in [3.05, 3.63) is 0 Å². The first-order valence-electron chi connectivity index (χ1n) is 4.17. The van der Waals surface area contributed by atoms with E-state index in [0.717, 1.165) is 0 Å². The van der Waals surface area contributed by atoms with Gasteiger partial charge in [-0.15, -0.1) is 0 Å². The second-order valence-corrected chi connectivity index (χ2v) is 4.16. The third-order valence-corrected chi connectivity index (χ3v) is 2.17. The highest BCUT2D eigenvalue weighted by molar-refractivity contribution is 7.87. The largest absolute Gasteiger partial charge is 0.465 e. The molecule has 0 fully saturated rings. The molecule has 0 spiro atoms. The summed E-state index contributed by atoms with van der Waals surface area (Å²) in [4.78, 5) is 21.3. The Hall–Kier alpha value is -1.80. The van der Waals surface area contributed by atoms with Gasteiger partial charge < -0.3 is 9.47 Å². The molecule has 0 aromatic heterocycles. The van der Waals surface area contributed by atoms with Gasteiger partial charge in [-0.2, -0.15) is 22.5 Å². The molecule has 0 amide bonds. The lowest BCUT2D eigenvalue weighted by atomic mass is 10.5. The van der Waals surface area contributed by atoms with Crippen LogP contribution in [0, 0.1) is 11.3 Å². The second kappa shape index (κ2) is 6.22. The van der Waals surface area contributed by atoms with Crippen LogP contribution in [0.15, 0.2) is 0 Å². The van der Waals surface area contributed by atoms with Gasteiger partial charge in [0.05, 0.1) is 12.5 Å². The highest BCUT2D eigenvalue weighted by Gasteiger charge is 2.54. The Kier molecular flexibility index (Phi) is 5.60. The van der Waals surface area contributed by atoms with Crippen molar-refractivity contribution in [1.29, 1.82) is 5.26 Å². The highest BCUT2D eigenvalue weighted by Crippen LogP contribution is 2.21. The molecule has 0 radical (unpaired) electrons. The molecule has 0 heterocycles. The molecule has 11 heteroatoms. The van der Waals surface area contributed by atoms with Crippen molar-refractivity contribution >= 4 is 22.1 Å². The van der Waals surface area contributed by atoms with Crippen LogP contribution in [-0.2, 0) is 29.2 Å². The van der Waals surface area contributed by atoms with Gasteiger partial charge in [0.15, 0.2) is 6.61 Å². The van der Waals surface area contributed by atoms with Crippen LogP contribution < -0.4 is 0 Å². The molecule has 0 unspecified atom stereocenters. The molecule has 0 atom stereocenters. The highest BCUT2D eigenvalue weighted by atomic mass is 32.2. The van der Waals surface area contributed by atoms with Crippen LogP contribution in [0.1, 0.15) is 6.42 Å². The Balaban J connectivity index is 4.28. The predicted molar refractivity (Wildman–Crippen MR) is 48.6 cm³/mol. The van der Waals surface area contributed by atoms with Gasteiger partial charge in [-0.1, -0.05) is 0 Å². The lowest BCUT2D eigenvalue weighted by Gasteiger charge is -2.11. The van der Waals surface area contributed by atoms with Gasteiger partial charge in [0.25, 0.3) is 0 Å². The normalized spacial score (nSPS) is 11.4. The van der Waals surface area contributed by atoms with Gasteiger partial charge in [0.2, 0.25) is 0 Å². The Labute approximate surface area is 99.8 Å². The molecule has 102 valence electrons. The summed E-state index contributed by atoms with van der Waals surface area (Å²) in [6.45, 7) is -1.60. The van der Waals surface area contributed by atoms with Crippen molar-refractivity contribution in [2.75, 3.05) is 13.2 Å². The molecule has 0 aliphatic heterocycles. The third-order valence-electron chi connectivity index (χ3n) is 1.36. The van der Waals surface area contributed by atoms with Crippen LogP contribution >= 0.6 is 0 Å². The summed E-state index contributed by atoms with van der Waals surface area (Å²) in [5.41, 5.74) is 0. The van der Waals surface area contributed by atoms with E-state index in [1.54, 1.807) is 6.07 Å². The minimum Gasteiger partial charge on any atom is -0.462 e. The van der Waals surface area contributed by atoms with E-state index >= 15 is 0 Å². The second-order valence-electron chi connectivity index (χ2n) is 2.70. The monoisotopic (exact) mass is 287 g/mol. The van der Waals surface area contributed by atoms with E-state index in [1.807, 2.05) is 0 Å². The van der Waals surface area contributed by atoms with Crippen molar-refractivity contribution < 1.29 is 40.8 Å². The molecular formula is C7H7F2NO7S. The van der Waals surface area contributed by atoms with E-state index in [9.17, 15) is 26.8 Å². The fourth-order valence-electron chi connectivity index (χ4n) is 0.566. The fourth-order valence-corrected chi connectivity index (χ4v) is 0.836. The zero-order valence-electron chi connectivity index (χ0n) is 8.63. The number of hydrogen-bond donors (Lipinski definition) is 1. The minimum absolute atomic E-state index is 0.152. The first-order chi connectivity index (χ1) is 8.13. The zero-order chi connectivity index (χ0) is 14.4. The van der Waals surface area contributed by atoms with E-state index in [-0.39, 0.29) is 13.0 Å². The standard InChI is InChI=1S/C7H7F2NO7S/c8-7(9,18(13,14)15)6(12)17-4-5(11)16-3-1-2-10/h1,3-4H2,(H,13,14,15). The van der Waals surface area contributed by atoms with Crippen molar-refractivity contribution in [3.8, 4) is 6.07 Å². The lowest BCUT2D eigenvalue weighted by molar-refractivity contribution is -0.169. The van der Waals surface area contributed by atoms with E-state index < -0.39 is 33.9 Å². The maximum Gasteiger partial charge on any atom is 0.465 e. The summed E-state index contributed by atoms with van der Waals surface area (Å²) in [6, 6.07) is 1.61. The van der Waals surface area contributed by atoms with E-state index in [0.29, 0.717) is 0 Å². The number of ether oxygens (including phenoxy) is 2. The summed E-state index contributed by atoms with van der Waals surface area (Å²) in [7, 11) is -5.97. The number of nitriles is 1. The van der Waals surface area contributed by atoms with Crippen LogP contribution in [0.2, 0.25) is 0 Å². The Morgan fingerprint density at radius 1 is 1.33 bits per heavy atom. The number of alkyl halides is 2. The van der Waals surface area contributed by atoms with Gasteiger partial charge in [0, 0.05) is 0 Å².